The fourth-order valence-electron chi connectivity index (χ4n) is 1.26. The Hall–Kier alpha value is -0.890. The molecule has 1 aromatic heterocycles. The zero-order chi connectivity index (χ0) is 11.5. The topological polar surface area (TPSA) is 24.9 Å². The minimum Gasteiger partial charge on any atom is -0.308 e. The summed E-state index contributed by atoms with van der Waals surface area (Å²) < 4.78 is 0. The van der Waals surface area contributed by atoms with Crippen molar-refractivity contribution in [3.05, 3.63) is 29.6 Å². The fraction of sp³-hybridized carbons (Fsp3) is 0.615. The van der Waals surface area contributed by atoms with Gasteiger partial charge in [-0.2, -0.15) is 0 Å². The molecule has 0 fully saturated rings. The van der Waals surface area contributed by atoms with Crippen LogP contribution in [-0.4, -0.2) is 11.0 Å². The first-order valence-electron chi connectivity index (χ1n) is 5.55. The standard InChI is InChI=1S/C13H22N2/c1-10-7-6-8-14-12(10)9-15-11(2)13(3,4)5/h6-8,11,15H,9H2,1-5H3. The summed E-state index contributed by atoms with van der Waals surface area (Å²) in [5.74, 6) is 0. The van der Waals surface area contributed by atoms with Crippen LogP contribution in [0.25, 0.3) is 0 Å². The highest BCUT2D eigenvalue weighted by Gasteiger charge is 2.19. The molecular formula is C13H22N2. The minimum absolute atomic E-state index is 0.294. The monoisotopic (exact) mass is 206 g/mol. The average molecular weight is 206 g/mol. The number of nitrogens with one attached hydrogen (secondary N) is 1. The third-order valence-corrected chi connectivity index (χ3v) is 2.99. The molecule has 84 valence electrons. The molecule has 0 bridgehead atoms. The number of rotatable bonds is 3. The van der Waals surface area contributed by atoms with Gasteiger partial charge in [-0.1, -0.05) is 26.8 Å². The van der Waals surface area contributed by atoms with Crippen LogP contribution in [0.2, 0.25) is 0 Å². The van der Waals surface area contributed by atoms with Gasteiger partial charge in [0.1, 0.15) is 0 Å². The molecule has 0 aliphatic rings. The molecule has 0 amide bonds. The van der Waals surface area contributed by atoms with Gasteiger partial charge >= 0.3 is 0 Å². The predicted molar refractivity (Wildman–Crippen MR) is 64.7 cm³/mol. The number of hydrogen-bond acceptors (Lipinski definition) is 2. The Morgan fingerprint density at radius 1 is 1.40 bits per heavy atom. The van der Waals surface area contributed by atoms with E-state index in [1.54, 1.807) is 0 Å². The van der Waals surface area contributed by atoms with Crippen molar-refractivity contribution in [1.82, 2.24) is 10.3 Å². The SMILES string of the molecule is Cc1cccnc1CNC(C)C(C)(C)C. The van der Waals surface area contributed by atoms with E-state index in [1.165, 1.54) is 5.56 Å². The van der Waals surface area contributed by atoms with Crippen molar-refractivity contribution in [2.24, 2.45) is 5.41 Å². The van der Waals surface area contributed by atoms with Crippen LogP contribution in [0.15, 0.2) is 18.3 Å². The summed E-state index contributed by atoms with van der Waals surface area (Å²) in [4.78, 5) is 4.37. The summed E-state index contributed by atoms with van der Waals surface area (Å²) >= 11 is 0. The first-order valence-corrected chi connectivity index (χ1v) is 5.55. The summed E-state index contributed by atoms with van der Waals surface area (Å²) in [6, 6.07) is 4.57. The number of aromatic nitrogens is 1. The lowest BCUT2D eigenvalue weighted by Gasteiger charge is -2.28. The van der Waals surface area contributed by atoms with Crippen molar-refractivity contribution in [3.63, 3.8) is 0 Å². The van der Waals surface area contributed by atoms with Crippen LogP contribution >= 0.6 is 0 Å². The molecule has 2 nitrogen and oxygen atoms in total. The van der Waals surface area contributed by atoms with Gasteiger partial charge in [0, 0.05) is 18.8 Å². The predicted octanol–water partition coefficient (Wildman–Crippen LogP) is 2.91. The van der Waals surface area contributed by atoms with Crippen molar-refractivity contribution in [2.75, 3.05) is 0 Å². The number of pyridine rings is 1. The quantitative estimate of drug-likeness (QED) is 0.822. The van der Waals surface area contributed by atoms with Crippen LogP contribution in [0.3, 0.4) is 0 Å². The lowest BCUT2D eigenvalue weighted by atomic mass is 9.88. The number of hydrogen-bond donors (Lipinski definition) is 1. The molecule has 0 aromatic carbocycles. The molecule has 0 aliphatic heterocycles. The van der Waals surface area contributed by atoms with Crippen molar-refractivity contribution < 1.29 is 0 Å². The normalized spacial score (nSPS) is 13.9. The average Bonchev–Trinajstić information content (AvgIpc) is 2.14. The maximum absolute atomic E-state index is 4.37. The smallest absolute Gasteiger partial charge is 0.0570 e. The van der Waals surface area contributed by atoms with Gasteiger partial charge in [-0.05, 0) is 30.9 Å². The second kappa shape index (κ2) is 4.75. The first-order chi connectivity index (χ1) is 6.91. The van der Waals surface area contributed by atoms with Gasteiger partial charge in [-0.3, -0.25) is 4.98 Å². The largest absolute Gasteiger partial charge is 0.308 e. The van der Waals surface area contributed by atoms with Crippen LogP contribution in [0.5, 0.6) is 0 Å². The van der Waals surface area contributed by atoms with E-state index in [4.69, 9.17) is 0 Å². The van der Waals surface area contributed by atoms with E-state index in [0.717, 1.165) is 12.2 Å². The van der Waals surface area contributed by atoms with Crippen molar-refractivity contribution in [1.29, 1.82) is 0 Å². The Balaban J connectivity index is 2.55. The number of aryl methyl sites for hydroxylation is 1. The van der Waals surface area contributed by atoms with Gasteiger partial charge in [0.05, 0.1) is 5.69 Å². The van der Waals surface area contributed by atoms with Crippen LogP contribution in [0.4, 0.5) is 0 Å². The molecule has 0 aliphatic carbocycles. The third kappa shape index (κ3) is 3.63. The summed E-state index contributed by atoms with van der Waals surface area (Å²) in [5, 5.41) is 3.52. The summed E-state index contributed by atoms with van der Waals surface area (Å²) in [6.45, 7) is 11.9. The van der Waals surface area contributed by atoms with Gasteiger partial charge < -0.3 is 5.32 Å². The van der Waals surface area contributed by atoms with E-state index < -0.39 is 0 Å². The highest BCUT2D eigenvalue weighted by atomic mass is 14.9. The molecule has 1 atom stereocenters. The summed E-state index contributed by atoms with van der Waals surface area (Å²) in [6.07, 6.45) is 1.85. The lowest BCUT2D eigenvalue weighted by molar-refractivity contribution is 0.284. The van der Waals surface area contributed by atoms with Gasteiger partial charge in [-0.25, -0.2) is 0 Å². The maximum Gasteiger partial charge on any atom is 0.0570 e. The van der Waals surface area contributed by atoms with Gasteiger partial charge in [0.2, 0.25) is 0 Å². The van der Waals surface area contributed by atoms with Gasteiger partial charge in [0.25, 0.3) is 0 Å². The molecule has 1 unspecified atom stereocenters. The molecular weight excluding hydrogens is 184 g/mol. The second-order valence-electron chi connectivity index (χ2n) is 5.24. The molecule has 15 heavy (non-hydrogen) atoms. The lowest BCUT2D eigenvalue weighted by Crippen LogP contribution is -2.37. The van der Waals surface area contributed by atoms with Crippen LogP contribution in [0, 0.1) is 12.3 Å². The van der Waals surface area contributed by atoms with Crippen molar-refractivity contribution in [3.8, 4) is 0 Å². The Kier molecular flexibility index (Phi) is 3.86. The molecule has 2 heteroatoms. The highest BCUT2D eigenvalue weighted by molar-refractivity contribution is 5.17. The van der Waals surface area contributed by atoms with E-state index in [2.05, 4.69) is 51.0 Å². The van der Waals surface area contributed by atoms with Crippen LogP contribution in [0.1, 0.15) is 39.0 Å². The van der Waals surface area contributed by atoms with E-state index in [1.807, 2.05) is 12.3 Å². The van der Waals surface area contributed by atoms with Crippen LogP contribution < -0.4 is 5.32 Å². The second-order valence-corrected chi connectivity index (χ2v) is 5.24. The van der Waals surface area contributed by atoms with E-state index >= 15 is 0 Å². The molecule has 0 saturated heterocycles. The van der Waals surface area contributed by atoms with Crippen molar-refractivity contribution >= 4 is 0 Å². The van der Waals surface area contributed by atoms with Crippen LogP contribution in [-0.2, 0) is 6.54 Å². The molecule has 1 heterocycles. The summed E-state index contributed by atoms with van der Waals surface area (Å²) in [5.41, 5.74) is 2.70. The van der Waals surface area contributed by atoms with E-state index in [0.29, 0.717) is 11.5 Å². The molecule has 0 saturated carbocycles. The minimum atomic E-state index is 0.294. The molecule has 0 radical (unpaired) electrons. The van der Waals surface area contributed by atoms with Gasteiger partial charge in [-0.15, -0.1) is 0 Å². The first kappa shape index (κ1) is 12.2. The Labute approximate surface area is 93.1 Å². The van der Waals surface area contributed by atoms with E-state index in [9.17, 15) is 0 Å². The third-order valence-electron chi connectivity index (χ3n) is 2.99. The Bertz CT molecular complexity index is 313. The van der Waals surface area contributed by atoms with Gasteiger partial charge in [0.15, 0.2) is 0 Å². The molecule has 1 N–H and O–H groups in total. The molecule has 0 spiro atoms. The molecule has 1 aromatic rings. The zero-order valence-electron chi connectivity index (χ0n) is 10.5. The number of nitrogens with zero attached hydrogens (tertiary/aromatic N) is 1. The summed E-state index contributed by atoms with van der Waals surface area (Å²) in [7, 11) is 0. The Morgan fingerprint density at radius 3 is 2.60 bits per heavy atom. The van der Waals surface area contributed by atoms with Crippen molar-refractivity contribution in [2.45, 2.75) is 47.2 Å². The van der Waals surface area contributed by atoms with E-state index in [-0.39, 0.29) is 0 Å². The maximum atomic E-state index is 4.37. The highest BCUT2D eigenvalue weighted by Crippen LogP contribution is 2.18. The zero-order valence-corrected chi connectivity index (χ0v) is 10.5. The fourth-order valence-corrected chi connectivity index (χ4v) is 1.26. The Morgan fingerprint density at radius 2 is 2.07 bits per heavy atom. The molecule has 1 rings (SSSR count).